The van der Waals surface area contributed by atoms with Crippen LogP contribution in [-0.4, -0.2) is 48.7 Å². The molecule has 2 heterocycles. The van der Waals surface area contributed by atoms with E-state index in [9.17, 15) is 17.6 Å². The molecule has 0 spiro atoms. The van der Waals surface area contributed by atoms with Gasteiger partial charge in [0.2, 0.25) is 0 Å². The van der Waals surface area contributed by atoms with Crippen LogP contribution >= 0.6 is 23.4 Å². The lowest BCUT2D eigenvalue weighted by Gasteiger charge is -2.26. The number of benzene rings is 1. The maximum absolute atomic E-state index is 13.4. The molecule has 9 heteroatoms. The second-order valence-electron chi connectivity index (χ2n) is 5.58. The van der Waals surface area contributed by atoms with Crippen molar-refractivity contribution in [1.82, 2.24) is 0 Å². The van der Waals surface area contributed by atoms with E-state index in [1.54, 1.807) is 11.0 Å². The minimum Gasteiger partial charge on any atom is -0.315 e. The fourth-order valence-electron chi connectivity index (χ4n) is 2.74. The number of carbonyl (C=O) groups excluding carboxylic acids is 1. The van der Waals surface area contributed by atoms with Gasteiger partial charge in [0.25, 0.3) is 0 Å². The zero-order chi connectivity index (χ0) is 16.8. The number of thioether (sulfide) groups is 1. The molecular formula is C14H14ClFN2O3S2. The molecule has 5 nitrogen and oxygen atoms in total. The summed E-state index contributed by atoms with van der Waals surface area (Å²) in [5.41, 5.74) is 0.579. The summed E-state index contributed by atoms with van der Waals surface area (Å²) in [7, 11) is -3.15. The Hall–Kier alpha value is -1.12. The largest absolute Gasteiger partial charge is 0.315 e. The number of Topliss-reactive ketones (excluding diaryl/α,β-unsaturated/α-hetero) is 1. The summed E-state index contributed by atoms with van der Waals surface area (Å²) in [6.45, 7) is 1.48. The Labute approximate surface area is 142 Å². The summed E-state index contributed by atoms with van der Waals surface area (Å²) in [5, 5.41) is 0.537. The first-order valence-electron chi connectivity index (χ1n) is 6.91. The summed E-state index contributed by atoms with van der Waals surface area (Å²) in [4.78, 5) is 17.5. The molecule has 0 radical (unpaired) electrons. The van der Waals surface area contributed by atoms with Gasteiger partial charge < -0.3 is 4.90 Å². The van der Waals surface area contributed by atoms with E-state index in [2.05, 4.69) is 4.99 Å². The van der Waals surface area contributed by atoms with Crippen molar-refractivity contribution in [1.29, 1.82) is 0 Å². The molecule has 0 saturated carbocycles. The average molecular weight is 377 g/mol. The maximum atomic E-state index is 13.4. The number of amidine groups is 1. The average Bonchev–Trinajstić information content (AvgIpc) is 2.91. The van der Waals surface area contributed by atoms with Crippen LogP contribution in [0.4, 0.5) is 10.1 Å². The van der Waals surface area contributed by atoms with E-state index in [0.717, 1.165) is 0 Å². The van der Waals surface area contributed by atoms with Gasteiger partial charge in [-0.05, 0) is 25.1 Å². The van der Waals surface area contributed by atoms with Crippen molar-refractivity contribution in [3.8, 4) is 0 Å². The smallest absolute Gasteiger partial charge is 0.164 e. The molecule has 124 valence electrons. The van der Waals surface area contributed by atoms with E-state index in [-0.39, 0.29) is 40.1 Å². The Kier molecular flexibility index (Phi) is 4.41. The summed E-state index contributed by atoms with van der Waals surface area (Å²) >= 11 is 7.10. The second kappa shape index (κ2) is 6.07. The van der Waals surface area contributed by atoms with E-state index in [4.69, 9.17) is 11.6 Å². The number of hydrogen-bond donors (Lipinski definition) is 0. The fourth-order valence-corrected chi connectivity index (χ4v) is 5.68. The van der Waals surface area contributed by atoms with Crippen LogP contribution in [0, 0.1) is 5.82 Å². The van der Waals surface area contributed by atoms with Gasteiger partial charge in [-0.15, -0.1) is 0 Å². The third-order valence-electron chi connectivity index (χ3n) is 3.69. The Morgan fingerprint density at radius 3 is 2.87 bits per heavy atom. The minimum atomic E-state index is -3.15. The molecular weight excluding hydrogens is 363 g/mol. The van der Waals surface area contributed by atoms with Crippen LogP contribution in [0.25, 0.3) is 0 Å². The number of sulfone groups is 1. The van der Waals surface area contributed by atoms with Gasteiger partial charge in [-0.25, -0.2) is 12.8 Å². The van der Waals surface area contributed by atoms with Crippen molar-refractivity contribution in [3.63, 3.8) is 0 Å². The number of aliphatic imine (C=N–C) groups is 1. The van der Waals surface area contributed by atoms with E-state index in [1.807, 2.05) is 0 Å². The van der Waals surface area contributed by atoms with Gasteiger partial charge in [-0.1, -0.05) is 23.4 Å². The molecule has 2 aliphatic heterocycles. The number of rotatable bonds is 3. The summed E-state index contributed by atoms with van der Waals surface area (Å²) in [5.74, 6) is -0.316. The number of hydrogen-bond acceptors (Lipinski definition) is 6. The molecule has 2 atom stereocenters. The number of ketones is 1. The Balaban J connectivity index is 1.96. The predicted octanol–water partition coefficient (Wildman–Crippen LogP) is 2.14. The molecule has 0 bridgehead atoms. The molecule has 0 aromatic heterocycles. The molecule has 0 unspecified atom stereocenters. The van der Waals surface area contributed by atoms with Crippen LogP contribution in [0.5, 0.6) is 0 Å². The van der Waals surface area contributed by atoms with Gasteiger partial charge in [0, 0.05) is 5.69 Å². The molecule has 1 aromatic rings. The number of anilines is 1. The van der Waals surface area contributed by atoms with Crippen LogP contribution in [-0.2, 0) is 14.6 Å². The van der Waals surface area contributed by atoms with Crippen molar-refractivity contribution in [2.75, 3.05) is 22.2 Å². The maximum Gasteiger partial charge on any atom is 0.164 e. The Morgan fingerprint density at radius 1 is 1.48 bits per heavy atom. The van der Waals surface area contributed by atoms with E-state index >= 15 is 0 Å². The van der Waals surface area contributed by atoms with Gasteiger partial charge in [0.05, 0.1) is 34.4 Å². The number of carbonyl (C=O) groups is 1. The van der Waals surface area contributed by atoms with Crippen molar-refractivity contribution in [2.45, 2.75) is 19.0 Å². The first-order valence-corrected chi connectivity index (χ1v) is 10.1. The van der Waals surface area contributed by atoms with Crippen LogP contribution < -0.4 is 4.90 Å². The summed E-state index contributed by atoms with van der Waals surface area (Å²) in [6, 6.07) is 3.53. The molecule has 0 aliphatic carbocycles. The van der Waals surface area contributed by atoms with Crippen molar-refractivity contribution in [3.05, 3.63) is 29.0 Å². The molecule has 0 amide bonds. The Bertz CT molecular complexity index is 797. The van der Waals surface area contributed by atoms with Crippen LogP contribution in [0.2, 0.25) is 5.02 Å². The number of fused-ring (bicyclic) bond motifs is 1. The number of halogens is 2. The van der Waals surface area contributed by atoms with Crippen molar-refractivity contribution >= 4 is 49.8 Å². The first-order chi connectivity index (χ1) is 10.8. The lowest BCUT2D eigenvalue weighted by molar-refractivity contribution is -0.114. The summed E-state index contributed by atoms with van der Waals surface area (Å²) in [6.07, 6.45) is 0. The molecule has 1 aromatic carbocycles. The van der Waals surface area contributed by atoms with Crippen molar-refractivity contribution in [2.24, 2.45) is 4.99 Å². The molecule has 0 N–H and O–H groups in total. The molecule has 1 saturated heterocycles. The van der Waals surface area contributed by atoms with Gasteiger partial charge in [-0.2, -0.15) is 0 Å². The van der Waals surface area contributed by atoms with E-state index in [0.29, 0.717) is 10.9 Å². The quantitative estimate of drug-likeness (QED) is 0.808. The number of nitrogens with zero attached hydrogens (tertiary/aromatic N) is 2. The second-order valence-corrected chi connectivity index (χ2v) is 9.09. The highest BCUT2D eigenvalue weighted by molar-refractivity contribution is 8.14. The topological polar surface area (TPSA) is 66.8 Å². The first kappa shape index (κ1) is 16.7. The zero-order valence-electron chi connectivity index (χ0n) is 12.2. The normalized spacial score (nSPS) is 25.3. The fraction of sp³-hybridized carbons (Fsp3) is 0.429. The van der Waals surface area contributed by atoms with Crippen molar-refractivity contribution < 1.29 is 17.6 Å². The highest BCUT2D eigenvalue weighted by atomic mass is 35.5. The van der Waals surface area contributed by atoms with Crippen LogP contribution in [0.15, 0.2) is 23.2 Å². The monoisotopic (exact) mass is 376 g/mol. The van der Waals surface area contributed by atoms with Crippen LogP contribution in [0.1, 0.15) is 6.92 Å². The standard InChI is InChI=1S/C14H14ClFN2O3S2/c1-8(19)5-22-14-17-12-6-23(20,21)7-13(12)18(14)9-2-3-11(16)10(15)4-9/h2-4,12-13H,5-7H2,1H3/t12-,13+/m0/s1. The molecule has 2 aliphatic rings. The highest BCUT2D eigenvalue weighted by Crippen LogP contribution is 2.36. The van der Waals surface area contributed by atoms with Gasteiger partial charge in [0.1, 0.15) is 11.6 Å². The molecule has 23 heavy (non-hydrogen) atoms. The molecule has 3 rings (SSSR count). The third-order valence-corrected chi connectivity index (χ3v) is 6.79. The lowest BCUT2D eigenvalue weighted by atomic mass is 10.1. The van der Waals surface area contributed by atoms with Gasteiger partial charge >= 0.3 is 0 Å². The minimum absolute atomic E-state index is 0.000491. The van der Waals surface area contributed by atoms with Crippen LogP contribution in [0.3, 0.4) is 0 Å². The summed E-state index contributed by atoms with van der Waals surface area (Å²) < 4.78 is 37.1. The third kappa shape index (κ3) is 3.39. The van der Waals surface area contributed by atoms with Gasteiger partial charge in [-0.3, -0.25) is 9.79 Å². The predicted molar refractivity (Wildman–Crippen MR) is 90.7 cm³/mol. The highest BCUT2D eigenvalue weighted by Gasteiger charge is 2.47. The van der Waals surface area contributed by atoms with Gasteiger partial charge in [0.15, 0.2) is 15.0 Å². The Morgan fingerprint density at radius 2 is 2.22 bits per heavy atom. The van der Waals surface area contributed by atoms with E-state index in [1.165, 1.54) is 30.8 Å². The lowest BCUT2D eigenvalue weighted by Crippen LogP contribution is -2.39. The van der Waals surface area contributed by atoms with E-state index < -0.39 is 15.7 Å². The SMILES string of the molecule is CC(=O)CSC1=N[C@H]2CS(=O)(=O)C[C@H]2N1c1ccc(F)c(Cl)c1. The molecule has 1 fully saturated rings. The zero-order valence-corrected chi connectivity index (χ0v) is 14.6.